The number of nitrogens with one attached hydrogen (secondary N) is 1. The monoisotopic (exact) mass is 147 g/mol. The standard InChI is InChI=1S/C9H9NO/c1-6-3-2-4-7-5-10-9(11)8(6)7/h2-4H,5H2,1H3,(H,10,11). The van der Waals surface area contributed by atoms with Gasteiger partial charge in [0.15, 0.2) is 0 Å². The largest absolute Gasteiger partial charge is 0.348 e. The van der Waals surface area contributed by atoms with Crippen LogP contribution in [0.4, 0.5) is 0 Å². The molecule has 0 aromatic heterocycles. The van der Waals surface area contributed by atoms with Crippen LogP contribution in [0.15, 0.2) is 18.2 Å². The Labute approximate surface area is 65.2 Å². The van der Waals surface area contributed by atoms with Crippen molar-refractivity contribution in [3.8, 4) is 0 Å². The Balaban J connectivity index is 2.68. The Morgan fingerprint density at radius 3 is 3.00 bits per heavy atom. The third kappa shape index (κ3) is 0.827. The number of carbonyl (C=O) groups is 1. The minimum Gasteiger partial charge on any atom is -0.348 e. The van der Waals surface area contributed by atoms with Crippen molar-refractivity contribution in [3.05, 3.63) is 34.9 Å². The molecule has 0 spiro atoms. The van der Waals surface area contributed by atoms with E-state index in [1.54, 1.807) is 0 Å². The molecule has 1 N–H and O–H groups in total. The molecule has 0 aliphatic carbocycles. The van der Waals surface area contributed by atoms with Crippen molar-refractivity contribution < 1.29 is 4.79 Å². The zero-order valence-electron chi connectivity index (χ0n) is 6.35. The first kappa shape index (κ1) is 6.40. The lowest BCUT2D eigenvalue weighted by Crippen LogP contribution is -2.13. The van der Waals surface area contributed by atoms with E-state index in [1.165, 1.54) is 0 Å². The number of aryl methyl sites for hydroxylation is 1. The smallest absolute Gasteiger partial charge is 0.252 e. The number of rotatable bonds is 0. The molecule has 0 saturated carbocycles. The van der Waals surface area contributed by atoms with Gasteiger partial charge in [0.05, 0.1) is 0 Å². The summed E-state index contributed by atoms with van der Waals surface area (Å²) in [6, 6.07) is 5.93. The van der Waals surface area contributed by atoms with E-state index in [2.05, 4.69) is 5.32 Å². The first-order valence-electron chi connectivity index (χ1n) is 3.66. The van der Waals surface area contributed by atoms with E-state index in [0.29, 0.717) is 6.54 Å². The van der Waals surface area contributed by atoms with Crippen molar-refractivity contribution >= 4 is 5.91 Å². The van der Waals surface area contributed by atoms with E-state index >= 15 is 0 Å². The minimum absolute atomic E-state index is 0.0677. The maximum atomic E-state index is 11.2. The van der Waals surface area contributed by atoms with Gasteiger partial charge in [0, 0.05) is 12.1 Å². The van der Waals surface area contributed by atoms with Gasteiger partial charge >= 0.3 is 0 Å². The Morgan fingerprint density at radius 1 is 1.45 bits per heavy atom. The quantitative estimate of drug-likeness (QED) is 0.587. The Bertz CT molecular complexity index is 317. The maximum absolute atomic E-state index is 11.2. The van der Waals surface area contributed by atoms with Crippen LogP contribution >= 0.6 is 0 Å². The molecule has 0 atom stereocenters. The Kier molecular flexibility index (Phi) is 1.22. The van der Waals surface area contributed by atoms with E-state index in [9.17, 15) is 4.79 Å². The molecule has 56 valence electrons. The van der Waals surface area contributed by atoms with Crippen LogP contribution in [0.5, 0.6) is 0 Å². The van der Waals surface area contributed by atoms with E-state index in [0.717, 1.165) is 16.7 Å². The van der Waals surface area contributed by atoms with E-state index in [-0.39, 0.29) is 5.91 Å². The molecule has 1 heterocycles. The second kappa shape index (κ2) is 2.09. The number of carbonyl (C=O) groups excluding carboxylic acids is 1. The summed E-state index contributed by atoms with van der Waals surface area (Å²) in [6.45, 7) is 2.65. The van der Waals surface area contributed by atoms with Crippen LogP contribution in [0.2, 0.25) is 0 Å². The minimum atomic E-state index is 0.0677. The summed E-state index contributed by atoms with van der Waals surface area (Å²) in [7, 11) is 0. The molecular weight excluding hydrogens is 138 g/mol. The summed E-state index contributed by atoms with van der Waals surface area (Å²) in [5, 5.41) is 2.79. The molecule has 1 aromatic rings. The summed E-state index contributed by atoms with van der Waals surface area (Å²) >= 11 is 0. The van der Waals surface area contributed by atoms with Crippen LogP contribution < -0.4 is 5.32 Å². The van der Waals surface area contributed by atoms with Gasteiger partial charge in [-0.1, -0.05) is 18.2 Å². The Morgan fingerprint density at radius 2 is 2.27 bits per heavy atom. The molecule has 2 rings (SSSR count). The molecule has 0 bridgehead atoms. The summed E-state index contributed by atoms with van der Waals surface area (Å²) in [6.07, 6.45) is 0. The van der Waals surface area contributed by atoms with Crippen molar-refractivity contribution in [1.82, 2.24) is 5.32 Å². The number of benzene rings is 1. The number of amides is 1. The van der Waals surface area contributed by atoms with Crippen molar-refractivity contribution in [2.75, 3.05) is 0 Å². The Hall–Kier alpha value is -1.31. The van der Waals surface area contributed by atoms with E-state index in [4.69, 9.17) is 0 Å². The summed E-state index contributed by atoms with van der Waals surface area (Å²) < 4.78 is 0. The lowest BCUT2D eigenvalue weighted by molar-refractivity contribution is 0.0965. The lowest BCUT2D eigenvalue weighted by atomic mass is 10.0. The van der Waals surface area contributed by atoms with Crippen LogP contribution in [0.1, 0.15) is 21.5 Å². The molecule has 1 aliphatic rings. The van der Waals surface area contributed by atoms with Gasteiger partial charge in [-0.2, -0.15) is 0 Å². The van der Waals surface area contributed by atoms with Gasteiger partial charge < -0.3 is 5.32 Å². The normalized spacial score (nSPS) is 14.5. The number of hydrogen-bond donors (Lipinski definition) is 1. The van der Waals surface area contributed by atoms with Gasteiger partial charge in [-0.3, -0.25) is 4.79 Å². The third-order valence-electron chi connectivity index (χ3n) is 2.03. The zero-order chi connectivity index (χ0) is 7.84. The van der Waals surface area contributed by atoms with Crippen LogP contribution in [-0.2, 0) is 6.54 Å². The van der Waals surface area contributed by atoms with Gasteiger partial charge in [-0.05, 0) is 18.1 Å². The predicted octanol–water partition coefficient (Wildman–Crippen LogP) is 1.24. The second-order valence-corrected chi connectivity index (χ2v) is 2.79. The molecule has 0 unspecified atom stereocenters. The highest BCUT2D eigenvalue weighted by Crippen LogP contribution is 2.18. The summed E-state index contributed by atoms with van der Waals surface area (Å²) in [5.41, 5.74) is 3.06. The van der Waals surface area contributed by atoms with Gasteiger partial charge in [0.25, 0.3) is 5.91 Å². The highest BCUT2D eigenvalue weighted by molar-refractivity contribution is 5.99. The van der Waals surface area contributed by atoms with Crippen molar-refractivity contribution in [3.63, 3.8) is 0 Å². The summed E-state index contributed by atoms with van der Waals surface area (Å²) in [5.74, 6) is 0.0677. The fourth-order valence-corrected chi connectivity index (χ4v) is 1.46. The molecule has 2 nitrogen and oxygen atoms in total. The lowest BCUT2D eigenvalue weighted by Gasteiger charge is -1.97. The molecule has 0 saturated heterocycles. The van der Waals surface area contributed by atoms with Crippen LogP contribution in [0.3, 0.4) is 0 Å². The van der Waals surface area contributed by atoms with Gasteiger partial charge in [0.1, 0.15) is 0 Å². The van der Waals surface area contributed by atoms with Crippen molar-refractivity contribution in [2.24, 2.45) is 0 Å². The van der Waals surface area contributed by atoms with E-state index in [1.807, 2.05) is 25.1 Å². The molecule has 1 aromatic carbocycles. The van der Waals surface area contributed by atoms with Crippen LogP contribution in [-0.4, -0.2) is 5.91 Å². The highest BCUT2D eigenvalue weighted by Gasteiger charge is 2.19. The number of fused-ring (bicyclic) bond motifs is 1. The van der Waals surface area contributed by atoms with Gasteiger partial charge in [-0.15, -0.1) is 0 Å². The molecule has 0 radical (unpaired) electrons. The topological polar surface area (TPSA) is 29.1 Å². The fourth-order valence-electron chi connectivity index (χ4n) is 1.46. The second-order valence-electron chi connectivity index (χ2n) is 2.79. The van der Waals surface area contributed by atoms with Crippen molar-refractivity contribution in [1.29, 1.82) is 0 Å². The van der Waals surface area contributed by atoms with Gasteiger partial charge in [0.2, 0.25) is 0 Å². The predicted molar refractivity (Wildman–Crippen MR) is 42.3 cm³/mol. The number of hydrogen-bond acceptors (Lipinski definition) is 1. The molecule has 1 aliphatic heterocycles. The molecule has 11 heavy (non-hydrogen) atoms. The molecule has 0 fully saturated rings. The first-order valence-corrected chi connectivity index (χ1v) is 3.66. The molecule has 1 amide bonds. The maximum Gasteiger partial charge on any atom is 0.252 e. The average Bonchev–Trinajstić information content (AvgIpc) is 2.34. The first-order chi connectivity index (χ1) is 5.29. The van der Waals surface area contributed by atoms with Crippen molar-refractivity contribution in [2.45, 2.75) is 13.5 Å². The highest BCUT2D eigenvalue weighted by atomic mass is 16.1. The van der Waals surface area contributed by atoms with Gasteiger partial charge in [-0.25, -0.2) is 0 Å². The fraction of sp³-hybridized carbons (Fsp3) is 0.222. The third-order valence-corrected chi connectivity index (χ3v) is 2.03. The molecule has 2 heteroatoms. The van der Waals surface area contributed by atoms with Crippen LogP contribution in [0, 0.1) is 6.92 Å². The molecular formula is C9H9NO. The van der Waals surface area contributed by atoms with E-state index < -0.39 is 0 Å². The summed E-state index contributed by atoms with van der Waals surface area (Å²) in [4.78, 5) is 11.2. The zero-order valence-corrected chi connectivity index (χ0v) is 6.35. The van der Waals surface area contributed by atoms with Crippen LogP contribution in [0.25, 0.3) is 0 Å². The SMILES string of the molecule is Cc1cccc2c1C(=O)NC2. The average molecular weight is 147 g/mol.